The highest BCUT2D eigenvalue weighted by atomic mass is 32.2. The van der Waals surface area contributed by atoms with Crippen molar-refractivity contribution in [1.29, 1.82) is 0 Å². The van der Waals surface area contributed by atoms with E-state index in [0.29, 0.717) is 11.3 Å². The molecule has 40 heavy (non-hydrogen) atoms. The van der Waals surface area contributed by atoms with Crippen LogP contribution >= 0.6 is 0 Å². The second kappa shape index (κ2) is 10.3. The molecule has 1 saturated heterocycles. The average molecular weight is 580 g/mol. The van der Waals surface area contributed by atoms with Crippen LogP contribution in [0, 0.1) is 5.92 Å². The maximum Gasteiger partial charge on any atom is 0.417 e. The van der Waals surface area contributed by atoms with E-state index >= 15 is 0 Å². The van der Waals surface area contributed by atoms with E-state index in [4.69, 9.17) is 9.84 Å². The van der Waals surface area contributed by atoms with Gasteiger partial charge in [-0.2, -0.15) is 18.3 Å². The number of piperidine rings is 1. The van der Waals surface area contributed by atoms with Crippen molar-refractivity contribution in [3.8, 4) is 5.69 Å². The van der Waals surface area contributed by atoms with Crippen LogP contribution in [0.4, 0.5) is 18.9 Å². The predicted molar refractivity (Wildman–Crippen MR) is 144 cm³/mol. The van der Waals surface area contributed by atoms with Crippen molar-refractivity contribution in [3.05, 3.63) is 47.8 Å². The number of hydrogen-bond donors (Lipinski definition) is 1. The fourth-order valence-electron chi connectivity index (χ4n) is 5.61. The summed E-state index contributed by atoms with van der Waals surface area (Å²) in [7, 11) is -2.78. The average Bonchev–Trinajstić information content (AvgIpc) is 3.24. The number of sulfonamides is 1. The first-order valence-corrected chi connectivity index (χ1v) is 15.1. The number of anilines is 1. The van der Waals surface area contributed by atoms with E-state index in [9.17, 15) is 26.4 Å². The molecule has 216 valence electrons. The van der Waals surface area contributed by atoms with Gasteiger partial charge in [0.05, 0.1) is 28.7 Å². The predicted octanol–water partition coefficient (Wildman–Crippen LogP) is 4.56. The zero-order valence-corrected chi connectivity index (χ0v) is 23.3. The normalized spacial score (nSPS) is 18.9. The van der Waals surface area contributed by atoms with E-state index in [1.54, 1.807) is 4.68 Å². The number of nitrogens with one attached hydrogen (secondary N) is 1. The molecule has 1 aromatic carbocycles. The molecule has 1 aliphatic heterocycles. The smallest absolute Gasteiger partial charge is 0.371 e. The molecule has 1 unspecified atom stereocenters. The topological polar surface area (TPSA) is 106 Å². The number of halogens is 3. The molecule has 2 aromatic heterocycles. The number of ether oxygens (including phenoxy) is 1. The number of hydrogen-bond acceptors (Lipinski definition) is 7. The summed E-state index contributed by atoms with van der Waals surface area (Å²) < 4.78 is 74.0. The molecule has 0 radical (unpaired) electrons. The van der Waals surface area contributed by atoms with Gasteiger partial charge in [-0.3, -0.25) is 4.79 Å². The van der Waals surface area contributed by atoms with E-state index in [1.807, 2.05) is 40.0 Å². The van der Waals surface area contributed by atoms with Gasteiger partial charge in [-0.25, -0.2) is 22.8 Å². The van der Waals surface area contributed by atoms with Crippen LogP contribution < -0.4 is 9.62 Å². The number of methoxy groups -OCH3 is 1. The molecular weight excluding hydrogens is 547 g/mol. The lowest BCUT2D eigenvalue weighted by molar-refractivity contribution is -0.283. The highest BCUT2D eigenvalue weighted by Crippen LogP contribution is 2.46. The van der Waals surface area contributed by atoms with Gasteiger partial charge in [0, 0.05) is 26.1 Å². The number of aromatic nitrogens is 3. The first-order valence-electron chi connectivity index (χ1n) is 13.2. The van der Waals surface area contributed by atoms with Crippen molar-refractivity contribution in [1.82, 2.24) is 19.5 Å². The first-order chi connectivity index (χ1) is 18.8. The van der Waals surface area contributed by atoms with Crippen LogP contribution in [0.5, 0.6) is 0 Å². The highest BCUT2D eigenvalue weighted by molar-refractivity contribution is 7.89. The summed E-state index contributed by atoms with van der Waals surface area (Å²) in [5, 5.41) is 5.65. The fourth-order valence-corrected chi connectivity index (χ4v) is 6.05. The number of amides is 1. The summed E-state index contributed by atoms with van der Waals surface area (Å²) >= 11 is 0. The number of nitrogens with zero attached hydrogens (tertiary/aromatic N) is 4. The molecule has 1 aliphatic carbocycles. The van der Waals surface area contributed by atoms with Crippen LogP contribution in [0.1, 0.15) is 61.1 Å². The van der Waals surface area contributed by atoms with Gasteiger partial charge in [-0.05, 0) is 56.7 Å². The van der Waals surface area contributed by atoms with Crippen molar-refractivity contribution in [3.63, 3.8) is 0 Å². The Kier molecular flexibility index (Phi) is 7.32. The van der Waals surface area contributed by atoms with E-state index in [-0.39, 0.29) is 37.5 Å². The molecule has 1 N–H and O–H groups in total. The Morgan fingerprint density at radius 1 is 1.10 bits per heavy atom. The number of benzene rings is 1. The Hall–Kier alpha value is -3.19. The molecule has 2 aliphatic rings. The Morgan fingerprint density at radius 3 is 2.27 bits per heavy atom. The molecule has 13 heteroatoms. The number of carbonyl (C=O) groups excluding carboxylic acids is 1. The minimum Gasteiger partial charge on any atom is -0.371 e. The van der Waals surface area contributed by atoms with E-state index < -0.39 is 33.6 Å². The molecule has 1 saturated carbocycles. The second-order valence-corrected chi connectivity index (χ2v) is 12.5. The lowest BCUT2D eigenvalue weighted by atomic mass is 9.80. The van der Waals surface area contributed by atoms with Gasteiger partial charge in [0.15, 0.2) is 11.2 Å². The number of alkyl halides is 3. The Morgan fingerprint density at radius 2 is 1.75 bits per heavy atom. The molecule has 2 fully saturated rings. The van der Waals surface area contributed by atoms with Crippen LogP contribution in [0.2, 0.25) is 0 Å². The molecule has 1 amide bonds. The summed E-state index contributed by atoms with van der Waals surface area (Å²) in [6.45, 7) is 1.66. The number of rotatable bonds is 7. The molecule has 3 heterocycles. The van der Waals surface area contributed by atoms with Gasteiger partial charge >= 0.3 is 6.18 Å². The SMILES string of the molecule is COC(C)(C1CCN(c2cc(C(=O)NS(C)(=O)=O)nc3c2c(C2CCC2)nn3-c2ccccc2)CC1)C(F)(F)F. The van der Waals surface area contributed by atoms with Crippen LogP contribution in [0.15, 0.2) is 36.4 Å². The molecule has 9 nitrogen and oxygen atoms in total. The van der Waals surface area contributed by atoms with Crippen LogP contribution in [-0.4, -0.2) is 67.3 Å². The van der Waals surface area contributed by atoms with Crippen LogP contribution in [0.3, 0.4) is 0 Å². The lowest BCUT2D eigenvalue weighted by Crippen LogP contribution is -2.53. The van der Waals surface area contributed by atoms with Crippen molar-refractivity contribution in [2.45, 2.75) is 56.7 Å². The van der Waals surface area contributed by atoms with Gasteiger partial charge in [-0.1, -0.05) is 24.6 Å². The summed E-state index contributed by atoms with van der Waals surface area (Å²) in [5.74, 6) is -1.46. The molecule has 0 bridgehead atoms. The molecular formula is C27H32F3N5O4S. The zero-order chi connectivity index (χ0) is 28.9. The zero-order valence-electron chi connectivity index (χ0n) is 22.5. The Bertz CT molecular complexity index is 1510. The third kappa shape index (κ3) is 5.16. The van der Waals surface area contributed by atoms with Crippen molar-refractivity contribution in [2.75, 3.05) is 31.4 Å². The van der Waals surface area contributed by atoms with Gasteiger partial charge in [0.1, 0.15) is 5.69 Å². The number of para-hydroxylation sites is 1. The minimum atomic E-state index is -4.52. The standard InChI is InChI=1S/C27H32F3N5O4S/c1-26(39-2,27(28,29)30)18-12-14-34(15-13-18)21-16-20(25(36)33-40(3,37)38)31-24-22(21)23(17-8-7-9-17)32-35(24)19-10-5-4-6-11-19/h4-6,10-11,16-18H,7-9,12-15H2,1-3H3,(H,33,36). The monoisotopic (exact) mass is 579 g/mol. The maximum absolute atomic E-state index is 13.9. The van der Waals surface area contributed by atoms with Crippen molar-refractivity contribution >= 4 is 32.7 Å². The molecule has 1 atom stereocenters. The second-order valence-electron chi connectivity index (χ2n) is 10.8. The fraction of sp³-hybridized carbons (Fsp3) is 0.519. The first kappa shape index (κ1) is 28.3. The quantitative estimate of drug-likeness (QED) is 0.437. The highest BCUT2D eigenvalue weighted by Gasteiger charge is 2.56. The third-order valence-corrected chi connectivity index (χ3v) is 8.81. The van der Waals surface area contributed by atoms with Gasteiger partial charge < -0.3 is 9.64 Å². The van der Waals surface area contributed by atoms with Crippen LogP contribution in [0.25, 0.3) is 16.7 Å². The summed E-state index contributed by atoms with van der Waals surface area (Å²) in [6, 6.07) is 10.8. The molecule has 5 rings (SSSR count). The summed E-state index contributed by atoms with van der Waals surface area (Å²) in [5.41, 5.74) is 0.145. The van der Waals surface area contributed by atoms with Crippen molar-refractivity contribution < 1.29 is 31.1 Å². The van der Waals surface area contributed by atoms with Crippen molar-refractivity contribution in [2.24, 2.45) is 5.92 Å². The van der Waals surface area contributed by atoms with Gasteiger partial charge in [-0.15, -0.1) is 0 Å². The Balaban J connectivity index is 1.63. The number of pyridine rings is 1. The third-order valence-electron chi connectivity index (χ3n) is 8.25. The number of carbonyl (C=O) groups is 1. The van der Waals surface area contributed by atoms with E-state index in [1.165, 1.54) is 6.07 Å². The van der Waals surface area contributed by atoms with Gasteiger partial charge in [0.2, 0.25) is 10.0 Å². The largest absolute Gasteiger partial charge is 0.417 e. The van der Waals surface area contributed by atoms with Crippen LogP contribution in [-0.2, 0) is 14.8 Å². The van der Waals surface area contributed by atoms with E-state index in [0.717, 1.165) is 56.3 Å². The summed E-state index contributed by atoms with van der Waals surface area (Å²) in [6.07, 6.45) is -0.281. The molecule has 0 spiro atoms. The van der Waals surface area contributed by atoms with E-state index in [2.05, 4.69) is 4.98 Å². The minimum absolute atomic E-state index is 0.121. The lowest BCUT2D eigenvalue weighted by Gasteiger charge is -2.43. The number of fused-ring (bicyclic) bond motifs is 1. The Labute approximate surface area is 230 Å². The summed E-state index contributed by atoms with van der Waals surface area (Å²) in [4.78, 5) is 19.5. The maximum atomic E-state index is 13.9. The molecule has 3 aromatic rings. The van der Waals surface area contributed by atoms with Gasteiger partial charge in [0.25, 0.3) is 5.91 Å².